The number of aryl methyl sites for hydroxylation is 3. The average Bonchev–Trinajstić information content (AvgIpc) is 3.07. The number of aromatic nitrogens is 1. The van der Waals surface area contributed by atoms with Crippen molar-refractivity contribution in [2.75, 3.05) is 7.11 Å². The van der Waals surface area contributed by atoms with Crippen molar-refractivity contribution in [1.82, 2.24) is 4.57 Å². The van der Waals surface area contributed by atoms with Gasteiger partial charge < -0.3 is 9.30 Å². The highest BCUT2D eigenvalue weighted by Gasteiger charge is 2.16. The fourth-order valence-corrected chi connectivity index (χ4v) is 4.63. The van der Waals surface area contributed by atoms with E-state index >= 15 is 0 Å². The molecule has 0 spiro atoms. The van der Waals surface area contributed by atoms with E-state index < -0.39 is 0 Å². The first-order valence-electron chi connectivity index (χ1n) is 10.0. The van der Waals surface area contributed by atoms with Crippen molar-refractivity contribution in [2.45, 2.75) is 47.1 Å². The highest BCUT2D eigenvalue weighted by atomic mass is 32.1. The Balaban J connectivity index is 2.12. The van der Waals surface area contributed by atoms with Crippen molar-refractivity contribution in [1.29, 1.82) is 0 Å². The first-order chi connectivity index (χ1) is 14.0. The van der Waals surface area contributed by atoms with Crippen LogP contribution in [0.25, 0.3) is 11.3 Å². The first-order valence-corrected chi connectivity index (χ1v) is 10.8. The standard InChI is InChI=1S/C24H28N2O2S/c1-6-8-21-22(19-10-9-16(3)17(4)15-19)26(7-2)24(29-21)25-23(27)18-11-13-20(28-5)14-12-18/h9-15H,6-8H2,1-5H3. The van der Waals surface area contributed by atoms with Crippen LogP contribution in [0.4, 0.5) is 0 Å². The van der Waals surface area contributed by atoms with Crippen LogP contribution < -0.4 is 9.54 Å². The van der Waals surface area contributed by atoms with E-state index in [1.807, 2.05) is 0 Å². The highest BCUT2D eigenvalue weighted by Crippen LogP contribution is 2.29. The lowest BCUT2D eigenvalue weighted by Gasteiger charge is -2.11. The highest BCUT2D eigenvalue weighted by molar-refractivity contribution is 7.09. The topological polar surface area (TPSA) is 43.6 Å². The number of ether oxygens (including phenoxy) is 1. The molecular formula is C24H28N2O2S. The molecule has 0 radical (unpaired) electrons. The number of nitrogens with zero attached hydrogens (tertiary/aromatic N) is 2. The summed E-state index contributed by atoms with van der Waals surface area (Å²) in [6, 6.07) is 13.7. The molecule has 3 aromatic rings. The Kier molecular flexibility index (Phi) is 6.70. The number of hydrogen-bond acceptors (Lipinski definition) is 3. The summed E-state index contributed by atoms with van der Waals surface area (Å²) in [6.45, 7) is 9.31. The third-order valence-electron chi connectivity index (χ3n) is 5.09. The number of carbonyl (C=O) groups is 1. The van der Waals surface area contributed by atoms with Crippen LogP contribution >= 0.6 is 11.3 Å². The van der Waals surface area contributed by atoms with Crippen LogP contribution in [-0.2, 0) is 13.0 Å². The minimum atomic E-state index is -0.231. The van der Waals surface area contributed by atoms with Gasteiger partial charge in [-0.05, 0) is 74.2 Å². The largest absolute Gasteiger partial charge is 0.497 e. The Hall–Kier alpha value is -2.66. The van der Waals surface area contributed by atoms with Crippen molar-refractivity contribution >= 4 is 17.2 Å². The third kappa shape index (κ3) is 4.51. The number of methoxy groups -OCH3 is 1. The molecule has 0 aliphatic carbocycles. The van der Waals surface area contributed by atoms with E-state index in [4.69, 9.17) is 4.74 Å². The van der Waals surface area contributed by atoms with Crippen molar-refractivity contribution < 1.29 is 9.53 Å². The van der Waals surface area contributed by atoms with Crippen LogP contribution in [0.1, 0.15) is 46.6 Å². The number of thiazole rings is 1. The predicted molar refractivity (Wildman–Crippen MR) is 120 cm³/mol. The maximum absolute atomic E-state index is 12.8. The molecule has 0 unspecified atom stereocenters. The van der Waals surface area contributed by atoms with Crippen LogP contribution in [0.2, 0.25) is 0 Å². The molecule has 0 saturated carbocycles. The monoisotopic (exact) mass is 408 g/mol. The van der Waals surface area contributed by atoms with Crippen LogP contribution in [0, 0.1) is 13.8 Å². The third-order valence-corrected chi connectivity index (χ3v) is 6.23. The lowest BCUT2D eigenvalue weighted by molar-refractivity contribution is 0.0998. The van der Waals surface area contributed by atoms with E-state index in [9.17, 15) is 4.79 Å². The molecule has 0 bridgehead atoms. The predicted octanol–water partition coefficient (Wildman–Crippen LogP) is 5.56. The normalized spacial score (nSPS) is 11.7. The minimum absolute atomic E-state index is 0.231. The van der Waals surface area contributed by atoms with Gasteiger partial charge in [-0.2, -0.15) is 4.99 Å². The Morgan fingerprint density at radius 2 is 1.79 bits per heavy atom. The van der Waals surface area contributed by atoms with Crippen LogP contribution in [0.5, 0.6) is 5.75 Å². The summed E-state index contributed by atoms with van der Waals surface area (Å²) in [4.78, 5) is 19.3. The summed E-state index contributed by atoms with van der Waals surface area (Å²) in [5.41, 5.74) is 5.48. The van der Waals surface area contributed by atoms with E-state index in [0.29, 0.717) is 5.56 Å². The van der Waals surface area contributed by atoms with Gasteiger partial charge in [0.2, 0.25) is 0 Å². The zero-order valence-corrected chi connectivity index (χ0v) is 18.6. The first kappa shape index (κ1) is 21.1. The van der Waals surface area contributed by atoms with Gasteiger partial charge in [0.25, 0.3) is 5.91 Å². The van der Waals surface area contributed by atoms with Crippen LogP contribution in [0.3, 0.4) is 0 Å². The van der Waals surface area contributed by atoms with E-state index in [2.05, 4.69) is 55.5 Å². The van der Waals surface area contributed by atoms with Crippen LogP contribution in [-0.4, -0.2) is 17.6 Å². The van der Waals surface area contributed by atoms with Gasteiger partial charge in [-0.25, -0.2) is 0 Å². The molecule has 0 aliphatic heterocycles. The minimum Gasteiger partial charge on any atom is -0.497 e. The van der Waals surface area contributed by atoms with Crippen molar-refractivity contribution in [3.8, 4) is 17.0 Å². The second kappa shape index (κ2) is 9.23. The second-order valence-corrected chi connectivity index (χ2v) is 8.16. The lowest BCUT2D eigenvalue weighted by Crippen LogP contribution is -2.17. The fraction of sp³-hybridized carbons (Fsp3) is 0.333. The van der Waals surface area contributed by atoms with E-state index in [0.717, 1.165) is 29.9 Å². The lowest BCUT2D eigenvalue weighted by atomic mass is 10.0. The summed E-state index contributed by atoms with van der Waals surface area (Å²) in [5, 5.41) is 0. The molecule has 3 rings (SSSR count). The Labute approximate surface area is 176 Å². The quantitative estimate of drug-likeness (QED) is 0.536. The fourth-order valence-electron chi connectivity index (χ4n) is 3.32. The number of carbonyl (C=O) groups excluding carboxylic acids is 1. The van der Waals surface area contributed by atoms with E-state index in [1.165, 1.54) is 27.3 Å². The summed E-state index contributed by atoms with van der Waals surface area (Å²) < 4.78 is 7.34. The molecule has 5 heteroatoms. The Morgan fingerprint density at radius 1 is 1.07 bits per heavy atom. The number of rotatable bonds is 6. The van der Waals surface area contributed by atoms with Gasteiger partial charge in [-0.3, -0.25) is 4.79 Å². The average molecular weight is 409 g/mol. The molecule has 4 nitrogen and oxygen atoms in total. The maximum Gasteiger partial charge on any atom is 0.279 e. The van der Waals surface area contributed by atoms with Gasteiger partial charge in [-0.15, -0.1) is 11.3 Å². The smallest absolute Gasteiger partial charge is 0.279 e. The van der Waals surface area contributed by atoms with Gasteiger partial charge in [0.1, 0.15) is 5.75 Å². The SMILES string of the molecule is CCCc1sc(=NC(=O)c2ccc(OC)cc2)n(CC)c1-c1ccc(C)c(C)c1. The molecule has 0 fully saturated rings. The molecule has 152 valence electrons. The van der Waals surface area contributed by atoms with Gasteiger partial charge in [0.15, 0.2) is 4.80 Å². The number of hydrogen-bond donors (Lipinski definition) is 0. The van der Waals surface area contributed by atoms with Crippen molar-refractivity contribution in [3.63, 3.8) is 0 Å². The van der Waals surface area contributed by atoms with E-state index in [-0.39, 0.29) is 5.91 Å². The molecule has 1 heterocycles. The molecule has 2 aromatic carbocycles. The summed E-state index contributed by atoms with van der Waals surface area (Å²) in [7, 11) is 1.61. The van der Waals surface area contributed by atoms with Gasteiger partial charge >= 0.3 is 0 Å². The molecule has 0 atom stereocenters. The molecule has 0 saturated heterocycles. The molecule has 0 aliphatic rings. The van der Waals surface area contributed by atoms with Gasteiger partial charge in [-0.1, -0.05) is 25.5 Å². The maximum atomic E-state index is 12.8. The zero-order valence-electron chi connectivity index (χ0n) is 17.8. The van der Waals surface area contributed by atoms with Crippen molar-refractivity contribution in [2.24, 2.45) is 4.99 Å². The molecule has 1 aromatic heterocycles. The molecule has 0 N–H and O–H groups in total. The van der Waals surface area contributed by atoms with E-state index in [1.54, 1.807) is 42.7 Å². The Bertz CT molecular complexity index is 1080. The Morgan fingerprint density at radius 3 is 2.38 bits per heavy atom. The molecule has 29 heavy (non-hydrogen) atoms. The zero-order chi connectivity index (χ0) is 21.0. The second-order valence-electron chi connectivity index (χ2n) is 7.10. The number of benzene rings is 2. The van der Waals surface area contributed by atoms with Crippen molar-refractivity contribution in [3.05, 3.63) is 68.8 Å². The summed E-state index contributed by atoms with van der Waals surface area (Å²) in [5.74, 6) is 0.495. The molecular weight excluding hydrogens is 380 g/mol. The van der Waals surface area contributed by atoms with Crippen LogP contribution in [0.15, 0.2) is 47.5 Å². The van der Waals surface area contributed by atoms with Gasteiger partial charge in [0, 0.05) is 17.0 Å². The summed E-state index contributed by atoms with van der Waals surface area (Å²) in [6.07, 6.45) is 2.02. The number of amides is 1. The van der Waals surface area contributed by atoms with Gasteiger partial charge in [0.05, 0.1) is 12.8 Å². The summed E-state index contributed by atoms with van der Waals surface area (Å²) >= 11 is 1.62. The molecule has 1 amide bonds.